The van der Waals surface area contributed by atoms with Crippen LogP contribution in [0.1, 0.15) is 22.3 Å². The Morgan fingerprint density at radius 1 is 0.792 bits per heavy atom. The molecule has 8 N–H and O–H groups in total. The van der Waals surface area contributed by atoms with Gasteiger partial charge >= 0.3 is 6.18 Å². The van der Waals surface area contributed by atoms with E-state index in [2.05, 4.69) is 0 Å². The standard InChI is InChI=1S/C16H18F3N3O2/c1-7-3-13(23)11(20)5-9(7)15(22,16(17,18)19)10-6-12(21)14(24)4-8(10)2/h3-6,23-24H,20-22H2,1-2H3. The fourth-order valence-electron chi connectivity index (χ4n) is 2.72. The van der Waals surface area contributed by atoms with Crippen LogP contribution in [0.4, 0.5) is 24.5 Å². The Morgan fingerprint density at radius 2 is 1.12 bits per heavy atom. The van der Waals surface area contributed by atoms with Crippen molar-refractivity contribution < 1.29 is 23.4 Å². The van der Waals surface area contributed by atoms with E-state index >= 15 is 0 Å². The molecule has 2 aromatic carbocycles. The number of rotatable bonds is 2. The predicted molar refractivity (Wildman–Crippen MR) is 85.5 cm³/mol. The maximum atomic E-state index is 14.0. The monoisotopic (exact) mass is 341 g/mol. The van der Waals surface area contributed by atoms with Crippen LogP contribution in [0, 0.1) is 13.8 Å². The fraction of sp³-hybridized carbons (Fsp3) is 0.250. The van der Waals surface area contributed by atoms with Gasteiger partial charge in [-0.1, -0.05) is 0 Å². The number of benzene rings is 2. The molecule has 0 saturated carbocycles. The van der Waals surface area contributed by atoms with Gasteiger partial charge in [0.25, 0.3) is 0 Å². The third-order valence-electron chi connectivity index (χ3n) is 4.04. The molecule has 0 aliphatic heterocycles. The SMILES string of the molecule is Cc1cc(O)c(N)cc1C(N)(c1cc(N)c(O)cc1C)C(F)(F)F. The van der Waals surface area contributed by atoms with E-state index < -0.39 is 11.7 Å². The van der Waals surface area contributed by atoms with Gasteiger partial charge in [0.05, 0.1) is 11.4 Å². The molecule has 0 aliphatic carbocycles. The van der Waals surface area contributed by atoms with Crippen molar-refractivity contribution >= 4 is 11.4 Å². The van der Waals surface area contributed by atoms with Crippen molar-refractivity contribution in [2.45, 2.75) is 25.6 Å². The van der Waals surface area contributed by atoms with Crippen molar-refractivity contribution in [2.75, 3.05) is 11.5 Å². The van der Waals surface area contributed by atoms with Crippen molar-refractivity contribution in [2.24, 2.45) is 5.73 Å². The summed E-state index contributed by atoms with van der Waals surface area (Å²) in [6.45, 7) is 2.78. The molecule has 0 radical (unpaired) electrons. The third kappa shape index (κ3) is 2.58. The normalized spacial score (nSPS) is 12.4. The maximum Gasteiger partial charge on any atom is 0.414 e. The number of nitrogens with two attached hydrogens (primary N) is 3. The van der Waals surface area contributed by atoms with Crippen LogP contribution in [0.3, 0.4) is 0 Å². The van der Waals surface area contributed by atoms with E-state index in [1.54, 1.807) is 0 Å². The Labute approximate surface area is 136 Å². The van der Waals surface area contributed by atoms with Gasteiger partial charge in [-0.3, -0.25) is 0 Å². The first-order valence-electron chi connectivity index (χ1n) is 6.94. The van der Waals surface area contributed by atoms with Crippen molar-refractivity contribution in [3.63, 3.8) is 0 Å². The van der Waals surface area contributed by atoms with Crippen LogP contribution in [0.25, 0.3) is 0 Å². The molecule has 0 unspecified atom stereocenters. The Morgan fingerprint density at radius 3 is 1.42 bits per heavy atom. The molecule has 2 aromatic rings. The van der Waals surface area contributed by atoms with Crippen molar-refractivity contribution in [1.82, 2.24) is 0 Å². The molecule has 0 spiro atoms. The largest absolute Gasteiger partial charge is 0.506 e. The number of hydrogen-bond donors (Lipinski definition) is 5. The summed E-state index contributed by atoms with van der Waals surface area (Å²) in [5.74, 6) is -0.662. The summed E-state index contributed by atoms with van der Waals surface area (Å²) in [7, 11) is 0. The number of halogens is 3. The zero-order valence-electron chi connectivity index (χ0n) is 13.1. The highest BCUT2D eigenvalue weighted by molar-refractivity contribution is 5.63. The summed E-state index contributed by atoms with van der Waals surface area (Å²) in [6.07, 6.45) is -4.88. The fourth-order valence-corrected chi connectivity index (χ4v) is 2.72. The van der Waals surface area contributed by atoms with E-state index in [0.29, 0.717) is 0 Å². The Hall–Kier alpha value is -2.61. The first kappa shape index (κ1) is 17.7. The molecule has 8 heteroatoms. The van der Waals surface area contributed by atoms with Gasteiger partial charge in [-0.05, 0) is 60.4 Å². The lowest BCUT2D eigenvalue weighted by Gasteiger charge is -2.35. The summed E-state index contributed by atoms with van der Waals surface area (Å²) >= 11 is 0. The molecule has 130 valence electrons. The number of aromatic hydroxyl groups is 2. The first-order chi connectivity index (χ1) is 10.9. The van der Waals surface area contributed by atoms with Gasteiger partial charge in [0, 0.05) is 0 Å². The Kier molecular flexibility index (Phi) is 4.05. The zero-order chi connectivity index (χ0) is 18.4. The zero-order valence-corrected chi connectivity index (χ0v) is 13.1. The molecule has 0 fully saturated rings. The number of aryl methyl sites for hydroxylation is 2. The second-order valence-corrected chi connectivity index (χ2v) is 5.76. The molecule has 0 aromatic heterocycles. The summed E-state index contributed by atoms with van der Waals surface area (Å²) in [5, 5.41) is 19.2. The van der Waals surface area contributed by atoms with Crippen LogP contribution in [0.5, 0.6) is 11.5 Å². The number of alkyl halides is 3. The van der Waals surface area contributed by atoms with Crippen molar-refractivity contribution in [3.05, 3.63) is 46.5 Å². The molecular weight excluding hydrogens is 323 g/mol. The van der Waals surface area contributed by atoms with E-state index in [4.69, 9.17) is 17.2 Å². The van der Waals surface area contributed by atoms with Gasteiger partial charge in [0.15, 0.2) is 5.54 Å². The highest BCUT2D eigenvalue weighted by Crippen LogP contribution is 2.47. The summed E-state index contributed by atoms with van der Waals surface area (Å²) in [4.78, 5) is 0. The average Bonchev–Trinajstić information content (AvgIpc) is 2.44. The summed E-state index contributed by atoms with van der Waals surface area (Å²) in [6, 6.07) is 4.25. The van der Waals surface area contributed by atoms with Crippen LogP contribution in [-0.4, -0.2) is 16.4 Å². The summed E-state index contributed by atoms with van der Waals surface area (Å²) in [5.41, 5.74) is 13.2. The van der Waals surface area contributed by atoms with Gasteiger partial charge in [0.1, 0.15) is 11.5 Å². The van der Waals surface area contributed by atoms with Gasteiger partial charge in [-0.15, -0.1) is 0 Å². The van der Waals surface area contributed by atoms with E-state index in [-0.39, 0.29) is 45.1 Å². The highest BCUT2D eigenvalue weighted by atomic mass is 19.4. The van der Waals surface area contributed by atoms with Crippen molar-refractivity contribution in [3.8, 4) is 11.5 Å². The first-order valence-corrected chi connectivity index (χ1v) is 6.94. The molecule has 0 saturated heterocycles. The van der Waals surface area contributed by atoms with Gasteiger partial charge in [-0.25, -0.2) is 0 Å². The van der Waals surface area contributed by atoms with Crippen molar-refractivity contribution in [1.29, 1.82) is 0 Å². The molecular formula is C16H18F3N3O2. The summed E-state index contributed by atoms with van der Waals surface area (Å²) < 4.78 is 41.9. The van der Waals surface area contributed by atoms with Gasteiger partial charge < -0.3 is 27.4 Å². The second-order valence-electron chi connectivity index (χ2n) is 5.76. The molecule has 5 nitrogen and oxygen atoms in total. The van der Waals surface area contributed by atoms with E-state index in [9.17, 15) is 23.4 Å². The molecule has 0 bridgehead atoms. The van der Waals surface area contributed by atoms with Gasteiger partial charge in [-0.2, -0.15) is 13.2 Å². The number of nitrogen functional groups attached to an aromatic ring is 2. The molecule has 0 heterocycles. The minimum absolute atomic E-state index is 0.118. The molecule has 2 rings (SSSR count). The van der Waals surface area contributed by atoms with E-state index in [0.717, 1.165) is 24.3 Å². The topological polar surface area (TPSA) is 119 Å². The molecule has 24 heavy (non-hydrogen) atoms. The van der Waals surface area contributed by atoms with Crippen LogP contribution in [0.2, 0.25) is 0 Å². The van der Waals surface area contributed by atoms with Crippen LogP contribution in [0.15, 0.2) is 24.3 Å². The Balaban J connectivity index is 2.88. The minimum Gasteiger partial charge on any atom is -0.506 e. The van der Waals surface area contributed by atoms with E-state index in [1.807, 2.05) is 0 Å². The number of anilines is 2. The minimum atomic E-state index is -4.88. The number of hydrogen-bond acceptors (Lipinski definition) is 5. The van der Waals surface area contributed by atoms with Crippen LogP contribution < -0.4 is 17.2 Å². The quantitative estimate of drug-likeness (QED) is 0.425. The van der Waals surface area contributed by atoms with E-state index in [1.165, 1.54) is 13.8 Å². The average molecular weight is 341 g/mol. The second kappa shape index (κ2) is 5.48. The highest BCUT2D eigenvalue weighted by Gasteiger charge is 2.56. The smallest absolute Gasteiger partial charge is 0.414 e. The Bertz CT molecular complexity index is 747. The van der Waals surface area contributed by atoms with Crippen LogP contribution in [-0.2, 0) is 5.54 Å². The number of phenolic OH excluding ortho intramolecular Hbond substituents is 2. The number of phenols is 2. The maximum absolute atomic E-state index is 14.0. The lowest BCUT2D eigenvalue weighted by Crippen LogP contribution is -2.52. The van der Waals surface area contributed by atoms with Crippen LogP contribution >= 0.6 is 0 Å². The molecule has 0 aliphatic rings. The van der Waals surface area contributed by atoms with Gasteiger partial charge in [0.2, 0.25) is 0 Å². The lowest BCUT2D eigenvalue weighted by atomic mass is 9.78. The molecule has 0 amide bonds. The predicted octanol–water partition coefficient (Wildman–Crippen LogP) is 2.64. The third-order valence-corrected chi connectivity index (χ3v) is 4.04. The molecule has 0 atom stereocenters. The lowest BCUT2D eigenvalue weighted by molar-refractivity contribution is -0.177.